The Kier molecular flexibility index (Phi) is 8.26. The van der Waals surface area contributed by atoms with Crippen LogP contribution in [-0.2, 0) is 19.6 Å². The van der Waals surface area contributed by atoms with Crippen molar-refractivity contribution in [2.75, 3.05) is 11.5 Å². The van der Waals surface area contributed by atoms with Gasteiger partial charge in [-0.15, -0.1) is 0 Å². The number of hydrogen-bond acceptors (Lipinski definition) is 8. The van der Waals surface area contributed by atoms with E-state index in [1.807, 2.05) is 39.5 Å². The van der Waals surface area contributed by atoms with E-state index in [0.29, 0.717) is 70.3 Å². The maximum absolute atomic E-state index is 14.0. The van der Waals surface area contributed by atoms with Gasteiger partial charge >= 0.3 is 0 Å². The Balaban J connectivity index is 1.59. The first kappa shape index (κ1) is 29.9. The van der Waals surface area contributed by atoms with Crippen LogP contribution >= 0.6 is 11.6 Å². The van der Waals surface area contributed by atoms with E-state index in [0.717, 1.165) is 35.7 Å². The first-order valence-electron chi connectivity index (χ1n) is 14.0. The van der Waals surface area contributed by atoms with Gasteiger partial charge in [0, 0.05) is 30.2 Å². The van der Waals surface area contributed by atoms with Crippen molar-refractivity contribution < 1.29 is 23.1 Å². The van der Waals surface area contributed by atoms with Crippen LogP contribution in [0.25, 0.3) is 22.6 Å². The molecule has 0 saturated heterocycles. The second-order valence-electron chi connectivity index (χ2n) is 11.0. The molecule has 1 N–H and O–H groups in total. The van der Waals surface area contributed by atoms with Crippen LogP contribution in [0.1, 0.15) is 60.7 Å². The van der Waals surface area contributed by atoms with E-state index >= 15 is 0 Å². The summed E-state index contributed by atoms with van der Waals surface area (Å²) in [4.78, 5) is 12.0. The molecule has 1 aromatic carbocycles. The number of nitrogens with zero attached hydrogens (tertiary/aromatic N) is 6. The van der Waals surface area contributed by atoms with E-state index in [4.69, 9.17) is 30.8 Å². The van der Waals surface area contributed by atoms with Crippen LogP contribution in [0.2, 0.25) is 5.02 Å². The van der Waals surface area contributed by atoms with Gasteiger partial charge in [-0.2, -0.15) is 5.10 Å². The summed E-state index contributed by atoms with van der Waals surface area (Å²) in [6.07, 6.45) is 0.905. The van der Waals surface area contributed by atoms with Gasteiger partial charge in [0.2, 0.25) is 0 Å². The molecule has 0 radical (unpaired) electrons. The average Bonchev–Trinajstić information content (AvgIpc) is 3.58. The van der Waals surface area contributed by atoms with Gasteiger partial charge < -0.3 is 19.3 Å². The molecule has 1 aliphatic heterocycles. The number of alkyl halides is 2. The zero-order chi connectivity index (χ0) is 30.3. The Morgan fingerprint density at radius 3 is 2.57 bits per heavy atom. The third-order valence-electron chi connectivity index (χ3n) is 7.42. The van der Waals surface area contributed by atoms with Gasteiger partial charge in [0.1, 0.15) is 30.5 Å². The number of hydrogen-bond donors (Lipinski definition) is 1. The third-order valence-corrected chi connectivity index (χ3v) is 7.75. The summed E-state index contributed by atoms with van der Waals surface area (Å²) >= 11 is 6.68. The third kappa shape index (κ3) is 5.98. The summed E-state index contributed by atoms with van der Waals surface area (Å²) in [5.41, 5.74) is 5.80. The second-order valence-corrected chi connectivity index (χ2v) is 11.4. The molecule has 4 aromatic rings. The van der Waals surface area contributed by atoms with Gasteiger partial charge in [0.15, 0.2) is 5.82 Å². The number of benzene rings is 1. The summed E-state index contributed by atoms with van der Waals surface area (Å²) in [6, 6.07) is 5.21. The number of ether oxygens (including phenoxy) is 1. The van der Waals surface area contributed by atoms with Crippen LogP contribution in [0.4, 0.5) is 14.6 Å². The lowest BCUT2D eigenvalue weighted by atomic mass is 10.0. The molecule has 0 bridgehead atoms. The number of rotatable bonds is 10. The maximum atomic E-state index is 14.0. The number of anilines is 1. The largest absolute Gasteiger partial charge is 0.491 e. The van der Waals surface area contributed by atoms with E-state index < -0.39 is 18.6 Å². The fourth-order valence-electron chi connectivity index (χ4n) is 5.39. The Morgan fingerprint density at radius 2 is 1.90 bits per heavy atom. The zero-order valence-corrected chi connectivity index (χ0v) is 25.4. The molecule has 1 atom stereocenters. The minimum atomic E-state index is -2.90. The molecule has 12 heteroatoms. The van der Waals surface area contributed by atoms with Crippen LogP contribution in [-0.4, -0.2) is 48.6 Å². The predicted molar refractivity (Wildman–Crippen MR) is 156 cm³/mol. The summed E-state index contributed by atoms with van der Waals surface area (Å²) in [7, 11) is 0. The van der Waals surface area contributed by atoms with Crippen LogP contribution in [0.5, 0.6) is 5.75 Å². The highest BCUT2D eigenvalue weighted by atomic mass is 35.5. The van der Waals surface area contributed by atoms with Crippen molar-refractivity contribution >= 4 is 17.4 Å². The molecule has 4 heterocycles. The Bertz CT molecular complexity index is 1590. The lowest BCUT2D eigenvalue weighted by Gasteiger charge is -2.23. The predicted octanol–water partition coefficient (Wildman–Crippen LogP) is 6.60. The molecule has 42 heavy (non-hydrogen) atoms. The quantitative estimate of drug-likeness (QED) is 0.217. The first-order chi connectivity index (χ1) is 19.9. The molecular weight excluding hydrogens is 566 g/mol. The molecule has 5 rings (SSSR count). The summed E-state index contributed by atoms with van der Waals surface area (Å²) in [5, 5.41) is 19.1. The smallest absolute Gasteiger partial charge is 0.264 e. The molecule has 0 amide bonds. The van der Waals surface area contributed by atoms with E-state index in [1.165, 1.54) is 4.68 Å². The summed E-state index contributed by atoms with van der Waals surface area (Å²) in [6.45, 7) is 10.8. The molecule has 1 aliphatic rings. The molecule has 0 fully saturated rings. The summed E-state index contributed by atoms with van der Waals surface area (Å²) in [5.74, 6) is -0.754. The van der Waals surface area contributed by atoms with E-state index in [2.05, 4.69) is 10.3 Å². The normalized spacial score (nSPS) is 14.0. The molecule has 9 nitrogen and oxygen atoms in total. The van der Waals surface area contributed by atoms with Crippen LogP contribution in [0, 0.1) is 27.7 Å². The van der Waals surface area contributed by atoms with Gasteiger partial charge in [0.05, 0.1) is 46.0 Å². The number of aromatic nitrogens is 5. The van der Waals surface area contributed by atoms with Crippen LogP contribution < -0.4 is 9.64 Å². The number of fused-ring (bicyclic) bond motifs is 1. The molecule has 224 valence electrons. The Morgan fingerprint density at radius 1 is 1.14 bits per heavy atom. The van der Waals surface area contributed by atoms with E-state index in [-0.39, 0.29) is 6.61 Å². The molecule has 0 saturated carbocycles. The second kappa shape index (κ2) is 11.6. The number of aryl methyl sites for hydroxylation is 3. The fraction of sp³-hybridized carbons (Fsp3) is 0.467. The lowest BCUT2D eigenvalue weighted by molar-refractivity contribution is -0.000213. The van der Waals surface area contributed by atoms with Gasteiger partial charge in [-0.25, -0.2) is 18.7 Å². The van der Waals surface area contributed by atoms with Crippen molar-refractivity contribution in [3.8, 4) is 28.4 Å². The van der Waals surface area contributed by atoms with Gasteiger partial charge in [-0.05, 0) is 52.3 Å². The van der Waals surface area contributed by atoms with Crippen molar-refractivity contribution in [2.45, 2.75) is 86.0 Å². The summed E-state index contributed by atoms with van der Waals surface area (Å²) < 4.78 is 40.7. The van der Waals surface area contributed by atoms with Crippen molar-refractivity contribution in [1.29, 1.82) is 0 Å². The van der Waals surface area contributed by atoms with Crippen molar-refractivity contribution in [3.63, 3.8) is 0 Å². The molecule has 0 spiro atoms. The number of aliphatic hydroxyl groups excluding tert-OH is 1. The topological polar surface area (TPSA) is 102 Å². The average molecular weight is 601 g/mol. The Labute approximate surface area is 248 Å². The molecular formula is C30H35ClF2N6O3. The van der Waals surface area contributed by atoms with Crippen molar-refractivity contribution in [2.24, 2.45) is 0 Å². The number of aliphatic hydroxyl groups is 1. The monoisotopic (exact) mass is 600 g/mol. The standard InChI is InChI=1S/C30H35ClF2N6O3/c1-7-8-20(40)14-41-21-9-10-24(31)22(11-21)28-34-27(26-18(4)37-42-19(26)5)16(2)29(35-28)38-12-23-17(3)36-39(25(23)13-38)15-30(6,32)33/h9-11,20,40H,7-8,12-15H2,1-6H3/t20-/m1/s1. The van der Waals surface area contributed by atoms with Crippen LogP contribution in [0.3, 0.4) is 0 Å². The van der Waals surface area contributed by atoms with Crippen molar-refractivity contribution in [1.82, 2.24) is 24.9 Å². The van der Waals surface area contributed by atoms with Gasteiger partial charge in [0.25, 0.3) is 5.92 Å². The maximum Gasteiger partial charge on any atom is 0.264 e. The highest BCUT2D eigenvalue weighted by Crippen LogP contribution is 2.39. The Hall–Kier alpha value is -3.57. The minimum Gasteiger partial charge on any atom is -0.491 e. The zero-order valence-electron chi connectivity index (χ0n) is 24.6. The number of halogens is 3. The van der Waals surface area contributed by atoms with Crippen molar-refractivity contribution in [3.05, 3.63) is 57.2 Å². The SMILES string of the molecule is CCC[C@@H](O)COc1ccc(Cl)c(-c2nc(-c3c(C)noc3C)c(C)c(N3Cc4c(C)nn(CC(C)(F)F)c4C3)n2)c1. The fourth-order valence-corrected chi connectivity index (χ4v) is 5.59. The highest BCUT2D eigenvalue weighted by molar-refractivity contribution is 6.33. The lowest BCUT2D eigenvalue weighted by Crippen LogP contribution is -2.24. The van der Waals surface area contributed by atoms with E-state index in [9.17, 15) is 13.9 Å². The molecule has 0 aliphatic carbocycles. The van der Waals surface area contributed by atoms with Gasteiger partial charge in [-0.1, -0.05) is 30.1 Å². The molecule has 3 aromatic heterocycles. The van der Waals surface area contributed by atoms with Crippen LogP contribution in [0.15, 0.2) is 22.7 Å². The minimum absolute atomic E-state index is 0.151. The van der Waals surface area contributed by atoms with Gasteiger partial charge in [-0.3, -0.25) is 4.68 Å². The first-order valence-corrected chi connectivity index (χ1v) is 14.3. The highest BCUT2D eigenvalue weighted by Gasteiger charge is 2.33. The van der Waals surface area contributed by atoms with E-state index in [1.54, 1.807) is 18.2 Å². The molecule has 0 unspecified atom stereocenters.